The Morgan fingerprint density at radius 1 is 1.30 bits per heavy atom. The Bertz CT molecular complexity index is 601. The van der Waals surface area contributed by atoms with Gasteiger partial charge in [0.05, 0.1) is 11.3 Å². The molecular formula is C12H15F2NO4S. The van der Waals surface area contributed by atoms with E-state index in [0.717, 1.165) is 16.4 Å². The highest BCUT2D eigenvalue weighted by atomic mass is 32.2. The molecule has 1 aromatic carbocycles. The Labute approximate surface area is 115 Å². The molecule has 0 heterocycles. The van der Waals surface area contributed by atoms with Gasteiger partial charge in [-0.05, 0) is 32.0 Å². The lowest BCUT2D eigenvalue weighted by Crippen LogP contribution is -2.38. The Kier molecular flexibility index (Phi) is 5.18. The number of aliphatic carboxylic acids is 1. The molecule has 0 unspecified atom stereocenters. The number of benzene rings is 1. The van der Waals surface area contributed by atoms with Crippen LogP contribution in [0.25, 0.3) is 0 Å². The number of carboxylic acid groups (broad SMARTS) is 1. The van der Waals surface area contributed by atoms with Crippen molar-refractivity contribution in [3.8, 4) is 0 Å². The third-order valence-electron chi connectivity index (χ3n) is 2.62. The summed E-state index contributed by atoms with van der Waals surface area (Å²) in [7, 11) is -4.07. The topological polar surface area (TPSA) is 74.7 Å². The first-order chi connectivity index (χ1) is 9.16. The van der Waals surface area contributed by atoms with Crippen LogP contribution in [0.15, 0.2) is 23.1 Å². The monoisotopic (exact) mass is 307 g/mol. The van der Waals surface area contributed by atoms with E-state index in [-0.39, 0.29) is 13.0 Å². The minimum Gasteiger partial charge on any atom is -0.481 e. The first-order valence-corrected chi connectivity index (χ1v) is 7.29. The molecule has 0 bridgehead atoms. The van der Waals surface area contributed by atoms with Gasteiger partial charge in [0.15, 0.2) is 11.6 Å². The summed E-state index contributed by atoms with van der Waals surface area (Å²) >= 11 is 0. The van der Waals surface area contributed by atoms with E-state index in [0.29, 0.717) is 6.07 Å². The van der Waals surface area contributed by atoms with Gasteiger partial charge < -0.3 is 5.11 Å². The van der Waals surface area contributed by atoms with Crippen molar-refractivity contribution in [1.29, 1.82) is 0 Å². The first kappa shape index (κ1) is 16.5. The molecule has 0 aliphatic rings. The third kappa shape index (κ3) is 3.73. The van der Waals surface area contributed by atoms with Crippen LogP contribution in [0.4, 0.5) is 8.78 Å². The summed E-state index contributed by atoms with van der Waals surface area (Å²) in [6, 6.07) is 1.75. The number of carboxylic acids is 1. The second kappa shape index (κ2) is 6.27. The Morgan fingerprint density at radius 2 is 1.90 bits per heavy atom. The van der Waals surface area contributed by atoms with Crippen LogP contribution < -0.4 is 0 Å². The van der Waals surface area contributed by atoms with Gasteiger partial charge >= 0.3 is 5.97 Å². The van der Waals surface area contributed by atoms with E-state index in [1.165, 1.54) is 0 Å². The molecule has 0 fully saturated rings. The summed E-state index contributed by atoms with van der Waals surface area (Å²) in [5, 5.41) is 8.63. The molecule has 0 saturated heterocycles. The van der Waals surface area contributed by atoms with E-state index in [9.17, 15) is 22.0 Å². The molecule has 0 spiro atoms. The molecule has 0 amide bonds. The minimum atomic E-state index is -4.07. The van der Waals surface area contributed by atoms with Gasteiger partial charge in [0, 0.05) is 12.6 Å². The fourth-order valence-corrected chi connectivity index (χ4v) is 3.28. The zero-order valence-electron chi connectivity index (χ0n) is 11.0. The highest BCUT2D eigenvalue weighted by Gasteiger charge is 2.28. The van der Waals surface area contributed by atoms with E-state index < -0.39 is 38.6 Å². The molecule has 0 atom stereocenters. The van der Waals surface area contributed by atoms with Crippen molar-refractivity contribution >= 4 is 16.0 Å². The average Bonchev–Trinajstić information content (AvgIpc) is 2.31. The highest BCUT2D eigenvalue weighted by molar-refractivity contribution is 7.89. The number of nitrogens with zero attached hydrogens (tertiary/aromatic N) is 1. The maximum Gasteiger partial charge on any atom is 0.304 e. The Hall–Kier alpha value is -1.54. The lowest BCUT2D eigenvalue weighted by molar-refractivity contribution is -0.137. The van der Waals surface area contributed by atoms with Crippen LogP contribution in [0.1, 0.15) is 20.3 Å². The molecular weight excluding hydrogens is 292 g/mol. The number of rotatable bonds is 6. The van der Waals surface area contributed by atoms with Gasteiger partial charge in [-0.15, -0.1) is 0 Å². The molecule has 20 heavy (non-hydrogen) atoms. The Balaban J connectivity index is 3.15. The zero-order valence-corrected chi connectivity index (χ0v) is 11.8. The molecule has 0 saturated carbocycles. The molecule has 8 heteroatoms. The van der Waals surface area contributed by atoms with Gasteiger partial charge in [-0.2, -0.15) is 4.31 Å². The number of hydrogen-bond acceptors (Lipinski definition) is 3. The predicted octanol–water partition coefficient (Wildman–Crippen LogP) is 1.84. The maximum absolute atomic E-state index is 13.1. The van der Waals surface area contributed by atoms with E-state index >= 15 is 0 Å². The number of sulfonamides is 1. The maximum atomic E-state index is 13.1. The van der Waals surface area contributed by atoms with Crippen LogP contribution >= 0.6 is 0 Å². The minimum absolute atomic E-state index is 0.242. The molecule has 5 nitrogen and oxygen atoms in total. The van der Waals surface area contributed by atoms with Gasteiger partial charge in [-0.3, -0.25) is 4.79 Å². The zero-order chi connectivity index (χ0) is 15.5. The van der Waals surface area contributed by atoms with Gasteiger partial charge in [-0.1, -0.05) is 0 Å². The molecule has 0 radical (unpaired) electrons. The van der Waals surface area contributed by atoms with Crippen LogP contribution in [-0.4, -0.2) is 36.4 Å². The lowest BCUT2D eigenvalue weighted by Gasteiger charge is -2.25. The van der Waals surface area contributed by atoms with Crippen LogP contribution in [0.5, 0.6) is 0 Å². The third-order valence-corrected chi connectivity index (χ3v) is 4.69. The van der Waals surface area contributed by atoms with Crippen molar-refractivity contribution in [3.63, 3.8) is 0 Å². The van der Waals surface area contributed by atoms with Crippen LogP contribution in [0.2, 0.25) is 0 Å². The van der Waals surface area contributed by atoms with Crippen LogP contribution in [-0.2, 0) is 14.8 Å². The van der Waals surface area contributed by atoms with Crippen LogP contribution in [0, 0.1) is 11.6 Å². The van der Waals surface area contributed by atoms with E-state index in [1.54, 1.807) is 13.8 Å². The largest absolute Gasteiger partial charge is 0.481 e. The van der Waals surface area contributed by atoms with Gasteiger partial charge in [0.2, 0.25) is 10.0 Å². The molecule has 0 aliphatic heterocycles. The second-order valence-electron chi connectivity index (χ2n) is 4.43. The summed E-state index contributed by atoms with van der Waals surface area (Å²) < 4.78 is 51.5. The lowest BCUT2D eigenvalue weighted by atomic mass is 10.3. The molecule has 0 aliphatic carbocycles. The quantitative estimate of drug-likeness (QED) is 0.870. The Morgan fingerprint density at radius 3 is 2.35 bits per heavy atom. The van der Waals surface area contributed by atoms with E-state index in [4.69, 9.17) is 5.11 Å². The van der Waals surface area contributed by atoms with E-state index in [2.05, 4.69) is 0 Å². The number of halogens is 2. The fourth-order valence-electron chi connectivity index (χ4n) is 1.63. The molecule has 1 N–H and O–H groups in total. The van der Waals surface area contributed by atoms with Crippen molar-refractivity contribution < 1.29 is 27.1 Å². The summed E-state index contributed by atoms with van der Waals surface area (Å²) in [5.41, 5.74) is 0. The smallest absolute Gasteiger partial charge is 0.304 e. The van der Waals surface area contributed by atoms with Crippen LogP contribution in [0.3, 0.4) is 0 Å². The molecule has 0 aromatic heterocycles. The van der Waals surface area contributed by atoms with Crippen molar-refractivity contribution in [3.05, 3.63) is 29.8 Å². The van der Waals surface area contributed by atoms with Crippen molar-refractivity contribution in [2.45, 2.75) is 31.2 Å². The molecule has 1 aromatic rings. The normalized spacial score (nSPS) is 12.1. The highest BCUT2D eigenvalue weighted by Crippen LogP contribution is 2.20. The van der Waals surface area contributed by atoms with E-state index in [1.807, 2.05) is 0 Å². The molecule has 1 rings (SSSR count). The first-order valence-electron chi connectivity index (χ1n) is 5.85. The summed E-state index contributed by atoms with van der Waals surface area (Å²) in [5.74, 6) is -3.56. The van der Waals surface area contributed by atoms with Crippen molar-refractivity contribution in [2.75, 3.05) is 6.54 Å². The SMILES string of the molecule is CC(C)N(CCC(=O)O)S(=O)(=O)c1ccc(F)c(F)c1. The van der Waals surface area contributed by atoms with Gasteiger partial charge in [0.1, 0.15) is 0 Å². The predicted molar refractivity (Wildman–Crippen MR) is 67.6 cm³/mol. The second-order valence-corrected chi connectivity index (χ2v) is 6.32. The number of hydrogen-bond donors (Lipinski definition) is 1. The fraction of sp³-hybridized carbons (Fsp3) is 0.417. The number of carbonyl (C=O) groups is 1. The standard InChI is InChI=1S/C12H15F2NO4S/c1-8(2)15(6-5-12(16)17)20(18,19)9-3-4-10(13)11(14)7-9/h3-4,7-8H,5-6H2,1-2H3,(H,16,17). The van der Waals surface area contributed by atoms with Crippen molar-refractivity contribution in [1.82, 2.24) is 4.31 Å². The summed E-state index contributed by atoms with van der Waals surface area (Å²) in [6.07, 6.45) is -0.374. The average molecular weight is 307 g/mol. The summed E-state index contributed by atoms with van der Waals surface area (Å²) in [4.78, 5) is 10.2. The summed E-state index contributed by atoms with van der Waals surface area (Å²) in [6.45, 7) is 2.90. The van der Waals surface area contributed by atoms with Crippen molar-refractivity contribution in [2.24, 2.45) is 0 Å². The molecule has 112 valence electrons. The van der Waals surface area contributed by atoms with Gasteiger partial charge in [-0.25, -0.2) is 17.2 Å². The van der Waals surface area contributed by atoms with Gasteiger partial charge in [0.25, 0.3) is 0 Å².